The molecule has 174 valence electrons. The number of benzene rings is 6. The van der Waals surface area contributed by atoms with Gasteiger partial charge in [0, 0.05) is 31.9 Å². The van der Waals surface area contributed by atoms with Crippen LogP contribution in [0.1, 0.15) is 0 Å². The second-order valence-corrected chi connectivity index (χ2v) is 10.4. The molecule has 0 bridgehead atoms. The summed E-state index contributed by atoms with van der Waals surface area (Å²) in [6.45, 7) is 0. The first-order chi connectivity index (χ1) is 18.4. The van der Waals surface area contributed by atoms with Crippen molar-refractivity contribution in [3.63, 3.8) is 0 Å². The molecule has 0 unspecified atom stereocenters. The third-order valence-electron chi connectivity index (χ3n) is 7.22. The molecule has 0 fully saturated rings. The summed E-state index contributed by atoms with van der Waals surface area (Å²) in [5.74, 6) is 0. The van der Waals surface area contributed by atoms with E-state index < -0.39 is 0 Å². The molecule has 37 heavy (non-hydrogen) atoms. The van der Waals surface area contributed by atoms with E-state index in [4.69, 9.17) is 4.42 Å². The van der Waals surface area contributed by atoms with Gasteiger partial charge in [-0.1, -0.05) is 84.9 Å². The van der Waals surface area contributed by atoms with Gasteiger partial charge in [-0.05, 0) is 47.9 Å². The average molecular weight is 492 g/mol. The zero-order valence-electron chi connectivity index (χ0n) is 19.9. The number of thiophene rings is 1. The van der Waals surface area contributed by atoms with Crippen LogP contribution in [0.25, 0.3) is 52.9 Å². The lowest BCUT2D eigenvalue weighted by Crippen LogP contribution is -2.11. The molecule has 0 amide bonds. The van der Waals surface area contributed by atoms with Crippen molar-refractivity contribution in [2.75, 3.05) is 4.90 Å². The minimum absolute atomic E-state index is 0.896. The number of fused-ring (bicyclic) bond motifs is 7. The van der Waals surface area contributed by atoms with Crippen LogP contribution < -0.4 is 4.90 Å². The first kappa shape index (κ1) is 20.6. The number of nitrogens with zero attached hydrogens (tertiary/aromatic N) is 1. The predicted molar refractivity (Wildman–Crippen MR) is 159 cm³/mol. The molecule has 3 heteroatoms. The van der Waals surface area contributed by atoms with Gasteiger partial charge >= 0.3 is 0 Å². The van der Waals surface area contributed by atoms with E-state index >= 15 is 0 Å². The molecule has 0 saturated heterocycles. The first-order valence-electron chi connectivity index (χ1n) is 12.5. The normalized spacial score (nSPS) is 11.8. The molecule has 0 aliphatic rings. The SMILES string of the molecule is c1ccc(N(c2c3ccccc3cc3c2sc2ccccc23)c2cccc3oc4ccccc4c23)cc1. The van der Waals surface area contributed by atoms with Gasteiger partial charge in [0.25, 0.3) is 0 Å². The molecule has 0 radical (unpaired) electrons. The first-order valence-corrected chi connectivity index (χ1v) is 13.3. The van der Waals surface area contributed by atoms with Crippen molar-refractivity contribution < 1.29 is 4.42 Å². The maximum absolute atomic E-state index is 6.31. The number of hydrogen-bond acceptors (Lipinski definition) is 3. The van der Waals surface area contributed by atoms with Crippen LogP contribution in [0.15, 0.2) is 132 Å². The summed E-state index contributed by atoms with van der Waals surface area (Å²) in [4.78, 5) is 2.43. The summed E-state index contributed by atoms with van der Waals surface area (Å²) < 4.78 is 8.90. The van der Waals surface area contributed by atoms with Gasteiger partial charge in [0.05, 0.1) is 21.5 Å². The summed E-state index contributed by atoms with van der Waals surface area (Å²) >= 11 is 1.87. The van der Waals surface area contributed by atoms with Crippen molar-refractivity contribution in [1.82, 2.24) is 0 Å². The second kappa shape index (κ2) is 7.95. The largest absolute Gasteiger partial charge is 0.456 e. The number of rotatable bonds is 3. The molecule has 2 nitrogen and oxygen atoms in total. The Morgan fingerprint density at radius 1 is 0.541 bits per heavy atom. The van der Waals surface area contributed by atoms with Crippen LogP contribution >= 0.6 is 11.3 Å². The fraction of sp³-hybridized carbons (Fsp3) is 0. The summed E-state index contributed by atoms with van der Waals surface area (Å²) in [5.41, 5.74) is 5.24. The van der Waals surface area contributed by atoms with Gasteiger partial charge in [-0.25, -0.2) is 0 Å². The molecule has 2 heterocycles. The molecule has 8 rings (SSSR count). The fourth-order valence-corrected chi connectivity index (χ4v) is 6.86. The van der Waals surface area contributed by atoms with Gasteiger partial charge in [0.2, 0.25) is 0 Å². The lowest BCUT2D eigenvalue weighted by Gasteiger charge is -2.28. The van der Waals surface area contributed by atoms with Gasteiger partial charge in [-0.3, -0.25) is 0 Å². The molecule has 0 aliphatic heterocycles. The molecule has 0 N–H and O–H groups in total. The highest BCUT2D eigenvalue weighted by Crippen LogP contribution is 2.50. The topological polar surface area (TPSA) is 16.4 Å². The Morgan fingerprint density at radius 2 is 1.24 bits per heavy atom. The van der Waals surface area contributed by atoms with Crippen LogP contribution in [0.4, 0.5) is 17.1 Å². The van der Waals surface area contributed by atoms with Gasteiger partial charge in [0.15, 0.2) is 0 Å². The number of furan rings is 1. The monoisotopic (exact) mass is 491 g/mol. The quantitative estimate of drug-likeness (QED) is 0.244. The summed E-state index contributed by atoms with van der Waals surface area (Å²) in [5, 5.41) is 7.31. The van der Waals surface area contributed by atoms with Crippen molar-refractivity contribution in [2.45, 2.75) is 0 Å². The third kappa shape index (κ3) is 3.05. The standard InChI is InChI=1S/C34H21NOS/c1-2-12-23(13-3-1)35(28-17-10-19-30-32(28)26-16-6-8-18-29(26)36-30)33-24-14-5-4-11-22(24)21-27-25-15-7-9-20-31(25)37-34(27)33/h1-21H. The van der Waals surface area contributed by atoms with E-state index in [1.54, 1.807) is 0 Å². The zero-order chi connectivity index (χ0) is 24.3. The zero-order valence-corrected chi connectivity index (χ0v) is 20.7. The smallest absolute Gasteiger partial charge is 0.137 e. The predicted octanol–water partition coefficient (Wildman–Crippen LogP) is 10.6. The van der Waals surface area contributed by atoms with E-state index in [-0.39, 0.29) is 0 Å². The Kier molecular flexibility index (Phi) is 4.42. The minimum Gasteiger partial charge on any atom is -0.456 e. The van der Waals surface area contributed by atoms with Gasteiger partial charge in [-0.15, -0.1) is 11.3 Å². The van der Waals surface area contributed by atoms with Crippen molar-refractivity contribution in [2.24, 2.45) is 0 Å². The Morgan fingerprint density at radius 3 is 2.14 bits per heavy atom. The molecule has 0 spiro atoms. The Hall–Kier alpha value is -4.60. The van der Waals surface area contributed by atoms with E-state index in [9.17, 15) is 0 Å². The van der Waals surface area contributed by atoms with E-state index in [0.717, 1.165) is 33.3 Å². The van der Waals surface area contributed by atoms with E-state index in [0.29, 0.717) is 0 Å². The highest BCUT2D eigenvalue weighted by Gasteiger charge is 2.24. The maximum Gasteiger partial charge on any atom is 0.137 e. The maximum atomic E-state index is 6.31. The number of para-hydroxylation sites is 2. The average Bonchev–Trinajstić information content (AvgIpc) is 3.52. The van der Waals surface area contributed by atoms with Gasteiger partial charge in [-0.2, -0.15) is 0 Å². The Labute approximate surface area is 217 Å². The van der Waals surface area contributed by atoms with Crippen molar-refractivity contribution >= 4 is 81.3 Å². The van der Waals surface area contributed by atoms with Crippen molar-refractivity contribution in [1.29, 1.82) is 0 Å². The molecular formula is C34H21NOS. The molecule has 0 aliphatic carbocycles. The second-order valence-electron chi connectivity index (χ2n) is 9.34. The highest BCUT2D eigenvalue weighted by molar-refractivity contribution is 7.26. The molecule has 2 aromatic heterocycles. The van der Waals surface area contributed by atoms with E-state index in [2.05, 4.69) is 120 Å². The van der Waals surface area contributed by atoms with Crippen LogP contribution in [0, 0.1) is 0 Å². The third-order valence-corrected chi connectivity index (χ3v) is 8.42. The van der Waals surface area contributed by atoms with Crippen LogP contribution in [0.3, 0.4) is 0 Å². The lowest BCUT2D eigenvalue weighted by molar-refractivity contribution is 0.669. The van der Waals surface area contributed by atoms with Crippen LogP contribution in [-0.4, -0.2) is 0 Å². The summed E-state index contributed by atoms with van der Waals surface area (Å²) in [6.07, 6.45) is 0. The Balaban J connectivity index is 1.58. The van der Waals surface area contributed by atoms with Gasteiger partial charge in [0.1, 0.15) is 11.2 Å². The van der Waals surface area contributed by atoms with Crippen LogP contribution in [0.2, 0.25) is 0 Å². The number of anilines is 3. The molecular weight excluding hydrogens is 470 g/mol. The van der Waals surface area contributed by atoms with Crippen LogP contribution in [0.5, 0.6) is 0 Å². The summed E-state index contributed by atoms with van der Waals surface area (Å²) in [7, 11) is 0. The summed E-state index contributed by atoms with van der Waals surface area (Å²) in [6, 6.07) is 45.2. The fourth-order valence-electron chi connectivity index (χ4n) is 5.63. The minimum atomic E-state index is 0.896. The van der Waals surface area contributed by atoms with Crippen molar-refractivity contribution in [3.05, 3.63) is 127 Å². The highest BCUT2D eigenvalue weighted by atomic mass is 32.1. The molecule has 8 aromatic rings. The lowest BCUT2D eigenvalue weighted by atomic mass is 10.0. The molecule has 6 aromatic carbocycles. The van der Waals surface area contributed by atoms with Gasteiger partial charge < -0.3 is 9.32 Å². The Bertz CT molecular complexity index is 2100. The van der Waals surface area contributed by atoms with Crippen LogP contribution in [-0.2, 0) is 0 Å². The molecule has 0 atom stereocenters. The van der Waals surface area contributed by atoms with E-state index in [1.807, 2.05) is 23.5 Å². The van der Waals surface area contributed by atoms with Crippen molar-refractivity contribution in [3.8, 4) is 0 Å². The number of hydrogen-bond donors (Lipinski definition) is 0. The molecule has 0 saturated carbocycles. The van der Waals surface area contributed by atoms with E-state index in [1.165, 1.54) is 36.6 Å².